The summed E-state index contributed by atoms with van der Waals surface area (Å²) in [5, 5.41) is 0. The summed E-state index contributed by atoms with van der Waals surface area (Å²) < 4.78 is 10.8. The van der Waals surface area contributed by atoms with E-state index in [-0.39, 0.29) is 17.5 Å². The molecule has 2 unspecified atom stereocenters. The second-order valence-electron chi connectivity index (χ2n) is 4.86. The molecule has 2 heterocycles. The molecule has 0 bridgehead atoms. The predicted octanol–water partition coefficient (Wildman–Crippen LogP) is 2.97. The fourth-order valence-corrected chi connectivity index (χ4v) is 2.75. The summed E-state index contributed by atoms with van der Waals surface area (Å²) in [5.41, 5.74) is -0.326. The maximum Gasteiger partial charge on any atom is 0.312 e. The van der Waals surface area contributed by atoms with Gasteiger partial charge in [-0.25, -0.2) is 0 Å². The molecule has 0 N–H and O–H groups in total. The highest BCUT2D eigenvalue weighted by atomic mass is 16.5. The highest BCUT2D eigenvalue weighted by Crippen LogP contribution is 2.40. The average Bonchev–Trinajstić information content (AvgIpc) is 2.35. The van der Waals surface area contributed by atoms with E-state index in [4.69, 9.17) is 9.47 Å². The van der Waals surface area contributed by atoms with E-state index in [2.05, 4.69) is 6.92 Å². The highest BCUT2D eigenvalue weighted by molar-refractivity contribution is 5.77. The van der Waals surface area contributed by atoms with Crippen molar-refractivity contribution in [2.75, 3.05) is 6.61 Å². The van der Waals surface area contributed by atoms with E-state index < -0.39 is 0 Å². The van der Waals surface area contributed by atoms with Gasteiger partial charge < -0.3 is 9.47 Å². The zero-order valence-corrected chi connectivity index (χ0v) is 10.4. The molecule has 2 aliphatic rings. The van der Waals surface area contributed by atoms with Gasteiger partial charge in [0.25, 0.3) is 0 Å². The molecular formula is C14H20O3. The number of hydrogen-bond acceptors (Lipinski definition) is 3. The molecule has 0 aromatic carbocycles. The van der Waals surface area contributed by atoms with Gasteiger partial charge >= 0.3 is 5.97 Å². The molecule has 2 rings (SSSR count). The van der Waals surface area contributed by atoms with Crippen LogP contribution in [0.2, 0.25) is 0 Å². The Morgan fingerprint density at radius 2 is 2.35 bits per heavy atom. The van der Waals surface area contributed by atoms with Crippen molar-refractivity contribution >= 4 is 5.97 Å². The lowest BCUT2D eigenvalue weighted by Gasteiger charge is -2.36. The van der Waals surface area contributed by atoms with Gasteiger partial charge in [0.15, 0.2) is 0 Å². The fourth-order valence-electron chi connectivity index (χ4n) is 2.75. The molecule has 0 aromatic rings. The molecule has 3 heteroatoms. The van der Waals surface area contributed by atoms with E-state index in [1.807, 2.05) is 18.2 Å². The molecule has 1 fully saturated rings. The van der Waals surface area contributed by atoms with Crippen molar-refractivity contribution in [3.63, 3.8) is 0 Å². The number of esters is 1. The van der Waals surface area contributed by atoms with Crippen LogP contribution in [0.1, 0.15) is 39.0 Å². The average molecular weight is 236 g/mol. The molecule has 2 aliphatic heterocycles. The summed E-state index contributed by atoms with van der Waals surface area (Å²) >= 11 is 0. The summed E-state index contributed by atoms with van der Waals surface area (Å²) in [6.45, 7) is 2.69. The van der Waals surface area contributed by atoms with E-state index in [9.17, 15) is 4.79 Å². The summed E-state index contributed by atoms with van der Waals surface area (Å²) in [7, 11) is 0. The van der Waals surface area contributed by atoms with Crippen LogP contribution in [0.3, 0.4) is 0 Å². The zero-order chi connectivity index (χ0) is 12.1. The summed E-state index contributed by atoms with van der Waals surface area (Å²) in [4.78, 5) is 12.1. The number of ether oxygens (including phenoxy) is 2. The first-order chi connectivity index (χ1) is 8.27. The van der Waals surface area contributed by atoms with Gasteiger partial charge in [-0.1, -0.05) is 19.4 Å². The van der Waals surface area contributed by atoms with Gasteiger partial charge in [-0.3, -0.25) is 4.79 Å². The van der Waals surface area contributed by atoms with Crippen molar-refractivity contribution in [2.45, 2.75) is 45.1 Å². The Labute approximate surface area is 102 Å². The third-order valence-corrected chi connectivity index (χ3v) is 3.56. The molecule has 0 amide bonds. The second kappa shape index (κ2) is 5.39. The molecule has 3 nitrogen and oxygen atoms in total. The number of rotatable bonds is 4. The molecule has 0 aliphatic carbocycles. The van der Waals surface area contributed by atoms with Crippen LogP contribution in [-0.2, 0) is 14.3 Å². The van der Waals surface area contributed by atoms with Crippen molar-refractivity contribution in [1.29, 1.82) is 0 Å². The lowest BCUT2D eigenvalue weighted by Crippen LogP contribution is -2.40. The van der Waals surface area contributed by atoms with Crippen molar-refractivity contribution in [3.05, 3.63) is 24.5 Å². The number of hydrogen-bond donors (Lipinski definition) is 0. The molecule has 0 aromatic heterocycles. The maximum absolute atomic E-state index is 12.1. The van der Waals surface area contributed by atoms with Gasteiger partial charge in [-0.2, -0.15) is 0 Å². The van der Waals surface area contributed by atoms with E-state index in [0.717, 1.165) is 32.1 Å². The van der Waals surface area contributed by atoms with Crippen LogP contribution in [0, 0.1) is 5.41 Å². The summed E-state index contributed by atoms with van der Waals surface area (Å²) in [5.74, 6) is -0.0304. The van der Waals surface area contributed by atoms with Crippen LogP contribution >= 0.6 is 0 Å². The first-order valence-electron chi connectivity index (χ1n) is 6.43. The largest absolute Gasteiger partial charge is 0.494 e. The molecule has 1 saturated heterocycles. The minimum Gasteiger partial charge on any atom is -0.494 e. The van der Waals surface area contributed by atoms with E-state index in [0.29, 0.717) is 6.61 Å². The van der Waals surface area contributed by atoms with Crippen LogP contribution in [0.25, 0.3) is 0 Å². The van der Waals surface area contributed by atoms with Crippen LogP contribution in [-0.4, -0.2) is 18.7 Å². The Morgan fingerprint density at radius 3 is 3.00 bits per heavy atom. The van der Waals surface area contributed by atoms with Gasteiger partial charge in [-0.05, 0) is 31.4 Å². The fraction of sp³-hybridized carbons (Fsp3) is 0.643. The van der Waals surface area contributed by atoms with Gasteiger partial charge in [0.2, 0.25) is 0 Å². The lowest BCUT2D eigenvalue weighted by atomic mass is 9.73. The minimum absolute atomic E-state index is 0.0113. The van der Waals surface area contributed by atoms with Gasteiger partial charge in [0, 0.05) is 6.42 Å². The molecule has 2 atom stereocenters. The Hall–Kier alpha value is -1.25. The van der Waals surface area contributed by atoms with E-state index >= 15 is 0 Å². The molecule has 0 spiro atoms. The topological polar surface area (TPSA) is 35.5 Å². The summed E-state index contributed by atoms with van der Waals surface area (Å²) in [6.07, 6.45) is 12.1. The Balaban J connectivity index is 2.07. The van der Waals surface area contributed by atoms with E-state index in [1.165, 1.54) is 0 Å². The van der Waals surface area contributed by atoms with Crippen LogP contribution < -0.4 is 0 Å². The van der Waals surface area contributed by atoms with Gasteiger partial charge in [0.1, 0.15) is 6.10 Å². The van der Waals surface area contributed by atoms with E-state index in [1.54, 1.807) is 6.26 Å². The third kappa shape index (κ3) is 2.71. The number of cyclic esters (lactones) is 1. The van der Waals surface area contributed by atoms with Crippen LogP contribution in [0.4, 0.5) is 0 Å². The number of allylic oxidation sites excluding steroid dienone is 2. The quantitative estimate of drug-likeness (QED) is 0.704. The first kappa shape index (κ1) is 12.2. The van der Waals surface area contributed by atoms with Crippen molar-refractivity contribution in [2.24, 2.45) is 5.41 Å². The third-order valence-electron chi connectivity index (χ3n) is 3.56. The SMILES string of the molecule is CCCC1(CC2C=CC=CO2)CCCOC1=O. The van der Waals surface area contributed by atoms with Crippen molar-refractivity contribution in [3.8, 4) is 0 Å². The Bertz CT molecular complexity index is 328. The molecule has 0 radical (unpaired) electrons. The molecule has 94 valence electrons. The second-order valence-corrected chi connectivity index (χ2v) is 4.86. The first-order valence-corrected chi connectivity index (χ1v) is 6.43. The van der Waals surface area contributed by atoms with Gasteiger partial charge in [-0.15, -0.1) is 0 Å². The van der Waals surface area contributed by atoms with Crippen LogP contribution in [0.5, 0.6) is 0 Å². The normalized spacial score (nSPS) is 32.1. The summed E-state index contributed by atoms with van der Waals surface area (Å²) in [6, 6.07) is 0. The Kier molecular flexibility index (Phi) is 3.87. The lowest BCUT2D eigenvalue weighted by molar-refractivity contribution is -0.165. The smallest absolute Gasteiger partial charge is 0.312 e. The minimum atomic E-state index is -0.326. The van der Waals surface area contributed by atoms with Gasteiger partial charge in [0.05, 0.1) is 18.3 Å². The van der Waals surface area contributed by atoms with Crippen LogP contribution in [0.15, 0.2) is 24.5 Å². The maximum atomic E-state index is 12.1. The monoisotopic (exact) mass is 236 g/mol. The number of carbonyl (C=O) groups excluding carboxylic acids is 1. The standard InChI is InChI=1S/C14H20O3/c1-2-7-14(8-5-10-17-13(14)15)11-12-6-3-4-9-16-12/h3-4,6,9,12H,2,5,7-8,10-11H2,1H3. The molecular weight excluding hydrogens is 216 g/mol. The Morgan fingerprint density at radius 1 is 1.47 bits per heavy atom. The highest BCUT2D eigenvalue weighted by Gasteiger charge is 2.43. The van der Waals surface area contributed by atoms with Crippen molar-refractivity contribution < 1.29 is 14.3 Å². The van der Waals surface area contributed by atoms with Crippen molar-refractivity contribution in [1.82, 2.24) is 0 Å². The molecule has 0 saturated carbocycles. The number of carbonyl (C=O) groups is 1. The zero-order valence-electron chi connectivity index (χ0n) is 10.4. The predicted molar refractivity (Wildman–Crippen MR) is 65.3 cm³/mol. The molecule has 17 heavy (non-hydrogen) atoms.